The fourth-order valence-corrected chi connectivity index (χ4v) is 3.15. The number of hydrogen-bond donors (Lipinski definition) is 1. The van der Waals surface area contributed by atoms with Crippen molar-refractivity contribution < 1.29 is 23.0 Å². The second-order valence-corrected chi connectivity index (χ2v) is 6.66. The van der Waals surface area contributed by atoms with Crippen molar-refractivity contribution in [1.82, 2.24) is 15.1 Å². The van der Waals surface area contributed by atoms with Crippen molar-refractivity contribution >= 4 is 5.91 Å². The molecule has 0 unspecified atom stereocenters. The average Bonchev–Trinajstić information content (AvgIpc) is 3.09. The van der Waals surface area contributed by atoms with Gasteiger partial charge in [-0.2, -0.15) is 5.10 Å². The highest BCUT2D eigenvalue weighted by atomic mass is 19.1. The smallest absolute Gasteiger partial charge is 0.272 e. The summed E-state index contributed by atoms with van der Waals surface area (Å²) in [6.45, 7) is 3.08. The Hall–Kier alpha value is -3.42. The van der Waals surface area contributed by atoms with E-state index in [0.29, 0.717) is 43.2 Å². The number of carbonyl (C=O) groups excluding carboxylic acids is 1. The highest BCUT2D eigenvalue weighted by molar-refractivity contribution is 5.93. The molecule has 0 spiro atoms. The van der Waals surface area contributed by atoms with Crippen LogP contribution in [0.25, 0.3) is 5.69 Å². The first-order chi connectivity index (χ1) is 14.0. The SMILES string of the molecule is Cc1cn(-c2c(F)cccc2F)nc1C(=O)NCCc1ccc2c(c1)OCCO2. The topological polar surface area (TPSA) is 65.4 Å². The Balaban J connectivity index is 1.42. The molecule has 1 aliphatic heterocycles. The molecular weight excluding hydrogens is 380 g/mol. The molecule has 0 atom stereocenters. The van der Waals surface area contributed by atoms with Gasteiger partial charge in [0.05, 0.1) is 0 Å². The number of halogens is 2. The standard InChI is InChI=1S/C21H19F2N3O3/c1-13-12-26(20-15(22)3-2-4-16(20)23)25-19(13)21(27)24-8-7-14-5-6-17-18(11-14)29-10-9-28-17/h2-6,11-12H,7-10H2,1H3,(H,24,27). The molecule has 1 aromatic heterocycles. The molecule has 0 bridgehead atoms. The maximum atomic E-state index is 14.0. The number of nitrogens with zero attached hydrogens (tertiary/aromatic N) is 2. The van der Waals surface area contributed by atoms with Crippen molar-refractivity contribution in [3.8, 4) is 17.2 Å². The highest BCUT2D eigenvalue weighted by Gasteiger charge is 2.18. The van der Waals surface area contributed by atoms with Gasteiger partial charge in [0.2, 0.25) is 0 Å². The van der Waals surface area contributed by atoms with Crippen LogP contribution in [-0.2, 0) is 6.42 Å². The van der Waals surface area contributed by atoms with Gasteiger partial charge < -0.3 is 14.8 Å². The van der Waals surface area contributed by atoms with Gasteiger partial charge in [-0.15, -0.1) is 0 Å². The van der Waals surface area contributed by atoms with Crippen LogP contribution in [0.1, 0.15) is 21.6 Å². The number of benzene rings is 2. The maximum Gasteiger partial charge on any atom is 0.272 e. The molecular formula is C21H19F2N3O3. The number of ether oxygens (including phenoxy) is 2. The van der Waals surface area contributed by atoms with Gasteiger partial charge in [0.25, 0.3) is 5.91 Å². The predicted octanol–water partition coefficient (Wildman–Crippen LogP) is 3.20. The van der Waals surface area contributed by atoms with Gasteiger partial charge in [-0.25, -0.2) is 13.5 Å². The quantitative estimate of drug-likeness (QED) is 0.716. The lowest BCUT2D eigenvalue weighted by Crippen LogP contribution is -2.27. The normalized spacial score (nSPS) is 12.7. The van der Waals surface area contributed by atoms with E-state index in [1.165, 1.54) is 12.3 Å². The third-order valence-corrected chi connectivity index (χ3v) is 4.58. The zero-order valence-corrected chi connectivity index (χ0v) is 15.7. The summed E-state index contributed by atoms with van der Waals surface area (Å²) in [6.07, 6.45) is 2.02. The summed E-state index contributed by atoms with van der Waals surface area (Å²) in [5.74, 6) is -0.501. The fraction of sp³-hybridized carbons (Fsp3) is 0.238. The second kappa shape index (κ2) is 7.90. The monoisotopic (exact) mass is 399 g/mol. The van der Waals surface area contributed by atoms with E-state index < -0.39 is 17.5 Å². The molecule has 0 fully saturated rings. The molecule has 2 aromatic carbocycles. The van der Waals surface area contributed by atoms with E-state index in [4.69, 9.17) is 9.47 Å². The van der Waals surface area contributed by atoms with Crippen molar-refractivity contribution in [3.05, 3.63) is 71.1 Å². The lowest BCUT2D eigenvalue weighted by molar-refractivity contribution is 0.0948. The van der Waals surface area contributed by atoms with Crippen LogP contribution in [0.4, 0.5) is 8.78 Å². The minimum atomic E-state index is -0.752. The number of para-hydroxylation sites is 1. The Kier molecular flexibility index (Phi) is 5.16. The van der Waals surface area contributed by atoms with Crippen molar-refractivity contribution in [2.24, 2.45) is 0 Å². The average molecular weight is 399 g/mol. The van der Waals surface area contributed by atoms with E-state index in [1.807, 2.05) is 18.2 Å². The molecule has 0 radical (unpaired) electrons. The predicted molar refractivity (Wildman–Crippen MR) is 102 cm³/mol. The molecule has 150 valence electrons. The molecule has 1 N–H and O–H groups in total. The fourth-order valence-electron chi connectivity index (χ4n) is 3.15. The van der Waals surface area contributed by atoms with Crippen LogP contribution >= 0.6 is 0 Å². The van der Waals surface area contributed by atoms with Gasteiger partial charge in [0.1, 0.15) is 18.9 Å². The van der Waals surface area contributed by atoms with Crippen LogP contribution in [0, 0.1) is 18.6 Å². The van der Waals surface area contributed by atoms with Crippen molar-refractivity contribution in [2.75, 3.05) is 19.8 Å². The van der Waals surface area contributed by atoms with E-state index in [0.717, 1.165) is 22.4 Å². The summed E-state index contributed by atoms with van der Waals surface area (Å²) < 4.78 is 40.0. The van der Waals surface area contributed by atoms with Crippen LogP contribution < -0.4 is 14.8 Å². The van der Waals surface area contributed by atoms with Crippen molar-refractivity contribution in [3.63, 3.8) is 0 Å². The Morgan fingerprint density at radius 2 is 1.86 bits per heavy atom. The molecule has 29 heavy (non-hydrogen) atoms. The van der Waals surface area contributed by atoms with Crippen LogP contribution in [0.5, 0.6) is 11.5 Å². The van der Waals surface area contributed by atoms with Crippen molar-refractivity contribution in [1.29, 1.82) is 0 Å². The summed E-state index contributed by atoms with van der Waals surface area (Å²) in [7, 11) is 0. The number of aromatic nitrogens is 2. The first-order valence-corrected chi connectivity index (χ1v) is 9.20. The highest BCUT2D eigenvalue weighted by Crippen LogP contribution is 2.30. The van der Waals surface area contributed by atoms with Crippen molar-refractivity contribution in [2.45, 2.75) is 13.3 Å². The third kappa shape index (κ3) is 3.91. The summed E-state index contributed by atoms with van der Waals surface area (Å²) in [5.41, 5.74) is 1.32. The minimum absolute atomic E-state index is 0.120. The summed E-state index contributed by atoms with van der Waals surface area (Å²) >= 11 is 0. The number of amides is 1. The number of fused-ring (bicyclic) bond motifs is 1. The first kappa shape index (κ1) is 18.9. The largest absolute Gasteiger partial charge is 0.486 e. The number of aryl methyl sites for hydroxylation is 1. The number of hydrogen-bond acceptors (Lipinski definition) is 4. The van der Waals surface area contributed by atoms with Crippen LogP contribution in [-0.4, -0.2) is 35.4 Å². The molecule has 1 aliphatic rings. The van der Waals surface area contributed by atoms with Gasteiger partial charge in [-0.05, 0) is 43.2 Å². The summed E-state index contributed by atoms with van der Waals surface area (Å²) in [6, 6.07) is 9.21. The molecule has 8 heteroatoms. The van der Waals surface area contributed by atoms with Crippen LogP contribution in [0.2, 0.25) is 0 Å². The molecule has 6 nitrogen and oxygen atoms in total. The Morgan fingerprint density at radius 3 is 2.62 bits per heavy atom. The van der Waals surface area contributed by atoms with Gasteiger partial charge in [-0.1, -0.05) is 12.1 Å². The Morgan fingerprint density at radius 1 is 1.14 bits per heavy atom. The van der Waals surface area contributed by atoms with Gasteiger partial charge in [0.15, 0.2) is 28.8 Å². The van der Waals surface area contributed by atoms with Crippen LogP contribution in [0.3, 0.4) is 0 Å². The molecule has 3 aromatic rings. The van der Waals surface area contributed by atoms with E-state index in [9.17, 15) is 13.6 Å². The molecule has 2 heterocycles. The first-order valence-electron chi connectivity index (χ1n) is 9.20. The van der Waals surface area contributed by atoms with E-state index in [2.05, 4.69) is 10.4 Å². The van der Waals surface area contributed by atoms with E-state index in [1.54, 1.807) is 6.92 Å². The third-order valence-electron chi connectivity index (χ3n) is 4.58. The molecule has 0 saturated heterocycles. The molecule has 4 rings (SSSR count). The molecule has 0 aliphatic carbocycles. The number of nitrogens with one attached hydrogen (secondary N) is 1. The van der Waals surface area contributed by atoms with E-state index in [-0.39, 0.29) is 11.4 Å². The van der Waals surface area contributed by atoms with Gasteiger partial charge in [0, 0.05) is 18.3 Å². The lowest BCUT2D eigenvalue weighted by Gasteiger charge is -2.18. The maximum absolute atomic E-state index is 14.0. The van der Waals surface area contributed by atoms with E-state index >= 15 is 0 Å². The molecule has 0 saturated carbocycles. The Bertz CT molecular complexity index is 1050. The summed E-state index contributed by atoms with van der Waals surface area (Å²) in [5, 5.41) is 6.86. The summed E-state index contributed by atoms with van der Waals surface area (Å²) in [4.78, 5) is 12.5. The minimum Gasteiger partial charge on any atom is -0.486 e. The zero-order chi connectivity index (χ0) is 20.4. The van der Waals surface area contributed by atoms with Gasteiger partial charge >= 0.3 is 0 Å². The second-order valence-electron chi connectivity index (χ2n) is 6.66. The lowest BCUT2D eigenvalue weighted by atomic mass is 10.1. The number of rotatable bonds is 5. The zero-order valence-electron chi connectivity index (χ0n) is 15.7. The van der Waals surface area contributed by atoms with Gasteiger partial charge in [-0.3, -0.25) is 4.79 Å². The van der Waals surface area contributed by atoms with Crippen LogP contribution in [0.15, 0.2) is 42.6 Å². The number of carbonyl (C=O) groups is 1. The Labute approximate surface area is 166 Å². The molecule has 1 amide bonds.